The van der Waals surface area contributed by atoms with Crippen LogP contribution in [0.2, 0.25) is 0 Å². The maximum Gasteiger partial charge on any atom is 0.267 e. The molecule has 1 aromatic rings. The molecule has 1 unspecified atom stereocenters. The number of hydrogen-bond acceptors (Lipinski definition) is 4. The minimum atomic E-state index is -0.526. The smallest absolute Gasteiger partial charge is 0.267 e. The van der Waals surface area contributed by atoms with Crippen LogP contribution in [0.25, 0.3) is 0 Å². The second-order valence-corrected chi connectivity index (χ2v) is 6.78. The summed E-state index contributed by atoms with van der Waals surface area (Å²) in [6, 6.07) is 1.68. The molecule has 3 rings (SSSR count). The molecule has 0 aromatic carbocycles. The average Bonchev–Trinajstić information content (AvgIpc) is 2.45. The molecule has 1 aromatic heterocycles. The predicted octanol–water partition coefficient (Wildman–Crippen LogP) is 1.47. The van der Waals surface area contributed by atoms with Crippen molar-refractivity contribution in [2.45, 2.75) is 45.4 Å². The monoisotopic (exact) mass is 316 g/mol. The van der Waals surface area contributed by atoms with Crippen LogP contribution in [0, 0.1) is 18.8 Å². The molecule has 2 N–H and O–H groups in total. The number of likely N-dealkylation sites (tertiary alicyclic amines) is 1. The van der Waals surface area contributed by atoms with Gasteiger partial charge >= 0.3 is 0 Å². The molecule has 2 heterocycles. The second kappa shape index (κ2) is 6.64. The van der Waals surface area contributed by atoms with Gasteiger partial charge in [0, 0.05) is 24.7 Å². The molecule has 1 atom stereocenters. The average molecular weight is 316 g/mol. The molecule has 1 saturated heterocycles. The highest BCUT2D eigenvalue weighted by Crippen LogP contribution is 2.30. The summed E-state index contributed by atoms with van der Waals surface area (Å²) in [6.07, 6.45) is 6.17. The molecule has 0 bridgehead atoms. The molecule has 1 saturated carbocycles. The molecule has 2 amide bonds. The number of piperidine rings is 1. The van der Waals surface area contributed by atoms with Crippen LogP contribution in [0.5, 0.6) is 0 Å². The Bertz CT molecular complexity index is 613. The normalized spacial score (nSPS) is 21.8. The molecular formula is C17H24N4O2. The van der Waals surface area contributed by atoms with E-state index in [1.165, 1.54) is 6.42 Å². The number of aromatic nitrogens is 2. The largest absolute Gasteiger partial charge is 0.364 e. The second-order valence-electron chi connectivity index (χ2n) is 6.78. The van der Waals surface area contributed by atoms with Gasteiger partial charge in [0.25, 0.3) is 5.91 Å². The van der Waals surface area contributed by atoms with Gasteiger partial charge in [-0.05, 0) is 51.0 Å². The molecule has 6 nitrogen and oxygen atoms in total. The SMILES string of the molecule is Cc1nc(CC2CCCN(C(=O)C3CCC3)C2)cc(C(N)=O)n1. The Balaban J connectivity index is 1.65. The van der Waals surface area contributed by atoms with Gasteiger partial charge in [-0.15, -0.1) is 0 Å². The van der Waals surface area contributed by atoms with E-state index in [1.807, 2.05) is 4.90 Å². The van der Waals surface area contributed by atoms with Gasteiger partial charge in [-0.3, -0.25) is 9.59 Å². The van der Waals surface area contributed by atoms with Crippen molar-refractivity contribution >= 4 is 11.8 Å². The summed E-state index contributed by atoms with van der Waals surface area (Å²) in [5, 5.41) is 0. The lowest BCUT2D eigenvalue weighted by Crippen LogP contribution is -2.45. The highest BCUT2D eigenvalue weighted by atomic mass is 16.2. The minimum Gasteiger partial charge on any atom is -0.364 e. The van der Waals surface area contributed by atoms with Crippen molar-refractivity contribution in [2.24, 2.45) is 17.6 Å². The summed E-state index contributed by atoms with van der Waals surface area (Å²) in [4.78, 5) is 34.3. The number of nitrogens with zero attached hydrogens (tertiary/aromatic N) is 3. The number of carbonyl (C=O) groups is 2. The number of primary amides is 1. The van der Waals surface area contributed by atoms with E-state index in [4.69, 9.17) is 5.73 Å². The minimum absolute atomic E-state index is 0.261. The van der Waals surface area contributed by atoms with Crippen LogP contribution in [0.15, 0.2) is 6.07 Å². The highest BCUT2D eigenvalue weighted by Gasteiger charge is 2.32. The van der Waals surface area contributed by atoms with Crippen LogP contribution in [0.4, 0.5) is 0 Å². The predicted molar refractivity (Wildman–Crippen MR) is 85.6 cm³/mol. The number of rotatable bonds is 4. The molecule has 0 spiro atoms. The van der Waals surface area contributed by atoms with Crippen LogP contribution in [0.3, 0.4) is 0 Å². The van der Waals surface area contributed by atoms with Crippen molar-refractivity contribution in [3.63, 3.8) is 0 Å². The van der Waals surface area contributed by atoms with Crippen LogP contribution < -0.4 is 5.73 Å². The van der Waals surface area contributed by atoms with Crippen LogP contribution in [-0.4, -0.2) is 39.8 Å². The van der Waals surface area contributed by atoms with Crippen molar-refractivity contribution in [1.82, 2.24) is 14.9 Å². The first-order chi connectivity index (χ1) is 11.0. The lowest BCUT2D eigenvalue weighted by Gasteiger charge is -2.37. The third kappa shape index (κ3) is 3.68. The Hall–Kier alpha value is -1.98. The number of aryl methyl sites for hydroxylation is 1. The standard InChI is InChI=1S/C17H24N4O2/c1-11-19-14(9-15(20-11)16(18)22)8-12-4-3-7-21(10-12)17(23)13-5-2-6-13/h9,12-13H,2-8,10H2,1H3,(H2,18,22). The van der Waals surface area contributed by atoms with E-state index >= 15 is 0 Å². The number of nitrogens with two attached hydrogens (primary N) is 1. The molecule has 1 aliphatic heterocycles. The topological polar surface area (TPSA) is 89.2 Å². The first kappa shape index (κ1) is 15.9. The van der Waals surface area contributed by atoms with Gasteiger partial charge < -0.3 is 10.6 Å². The number of amides is 2. The zero-order valence-electron chi connectivity index (χ0n) is 13.6. The van der Waals surface area contributed by atoms with Crippen molar-refractivity contribution in [3.8, 4) is 0 Å². The maximum atomic E-state index is 12.4. The zero-order chi connectivity index (χ0) is 16.4. The number of hydrogen-bond donors (Lipinski definition) is 1. The molecule has 2 fully saturated rings. The summed E-state index contributed by atoms with van der Waals surface area (Å²) < 4.78 is 0. The van der Waals surface area contributed by atoms with E-state index < -0.39 is 5.91 Å². The molecule has 23 heavy (non-hydrogen) atoms. The lowest BCUT2D eigenvalue weighted by molar-refractivity contribution is -0.140. The first-order valence-electron chi connectivity index (χ1n) is 8.46. The van der Waals surface area contributed by atoms with Crippen molar-refractivity contribution in [3.05, 3.63) is 23.3 Å². The fraction of sp³-hybridized carbons (Fsp3) is 0.647. The summed E-state index contributed by atoms with van der Waals surface area (Å²) in [5.74, 6) is 1.02. The quantitative estimate of drug-likeness (QED) is 0.911. The summed E-state index contributed by atoms with van der Waals surface area (Å²) >= 11 is 0. The molecule has 124 valence electrons. The fourth-order valence-electron chi connectivity index (χ4n) is 3.50. The van der Waals surface area contributed by atoms with Crippen molar-refractivity contribution in [1.29, 1.82) is 0 Å². The van der Waals surface area contributed by atoms with Crippen molar-refractivity contribution in [2.75, 3.05) is 13.1 Å². The van der Waals surface area contributed by atoms with Crippen LogP contribution >= 0.6 is 0 Å². The Labute approximate surface area is 136 Å². The van der Waals surface area contributed by atoms with E-state index in [1.54, 1.807) is 13.0 Å². The summed E-state index contributed by atoms with van der Waals surface area (Å²) in [5.41, 5.74) is 6.43. The maximum absolute atomic E-state index is 12.4. The van der Waals surface area contributed by atoms with Gasteiger partial charge in [0.15, 0.2) is 0 Å². The Kier molecular flexibility index (Phi) is 4.59. The van der Waals surface area contributed by atoms with E-state index in [9.17, 15) is 9.59 Å². The third-order valence-corrected chi connectivity index (χ3v) is 4.93. The third-order valence-electron chi connectivity index (χ3n) is 4.93. The lowest BCUT2D eigenvalue weighted by atomic mass is 9.83. The van der Waals surface area contributed by atoms with E-state index in [-0.39, 0.29) is 11.6 Å². The fourth-order valence-corrected chi connectivity index (χ4v) is 3.50. The number of carbonyl (C=O) groups excluding carboxylic acids is 2. The van der Waals surface area contributed by atoms with Gasteiger partial charge in [0.1, 0.15) is 11.5 Å². The summed E-state index contributed by atoms with van der Waals surface area (Å²) in [6.45, 7) is 3.44. The van der Waals surface area contributed by atoms with E-state index in [0.717, 1.165) is 50.9 Å². The summed E-state index contributed by atoms with van der Waals surface area (Å²) in [7, 11) is 0. The molecule has 2 aliphatic rings. The van der Waals surface area contributed by atoms with E-state index in [0.29, 0.717) is 17.6 Å². The van der Waals surface area contributed by atoms with Crippen molar-refractivity contribution < 1.29 is 9.59 Å². The van der Waals surface area contributed by atoms with Crippen LogP contribution in [0.1, 0.15) is 54.1 Å². The van der Waals surface area contributed by atoms with Gasteiger partial charge in [-0.2, -0.15) is 0 Å². The Morgan fingerprint density at radius 2 is 2.04 bits per heavy atom. The molecular weight excluding hydrogens is 292 g/mol. The molecule has 1 aliphatic carbocycles. The highest BCUT2D eigenvalue weighted by molar-refractivity contribution is 5.90. The Morgan fingerprint density at radius 3 is 2.70 bits per heavy atom. The Morgan fingerprint density at radius 1 is 1.26 bits per heavy atom. The molecule has 6 heteroatoms. The van der Waals surface area contributed by atoms with Crippen LogP contribution in [-0.2, 0) is 11.2 Å². The van der Waals surface area contributed by atoms with Gasteiger partial charge in [-0.25, -0.2) is 9.97 Å². The first-order valence-corrected chi connectivity index (χ1v) is 8.46. The van der Waals surface area contributed by atoms with Gasteiger partial charge in [0.05, 0.1) is 0 Å². The van der Waals surface area contributed by atoms with Gasteiger partial charge in [-0.1, -0.05) is 6.42 Å². The van der Waals surface area contributed by atoms with Gasteiger partial charge in [0.2, 0.25) is 5.91 Å². The molecule has 0 radical (unpaired) electrons. The zero-order valence-corrected chi connectivity index (χ0v) is 13.6. The van der Waals surface area contributed by atoms with E-state index in [2.05, 4.69) is 9.97 Å².